The molecule has 0 radical (unpaired) electrons. The number of aryl methyl sites for hydroxylation is 1. The molecular formula is C16H19N3O3S. The number of benzene rings is 1. The van der Waals surface area contributed by atoms with E-state index in [0.717, 1.165) is 6.42 Å². The quantitative estimate of drug-likeness (QED) is 0.863. The van der Waals surface area contributed by atoms with Gasteiger partial charge in [0.1, 0.15) is 10.6 Å². The Bertz CT molecular complexity index is 828. The molecule has 0 saturated heterocycles. The molecule has 7 heteroatoms. The maximum absolute atomic E-state index is 12.4. The molecule has 0 unspecified atom stereocenters. The van der Waals surface area contributed by atoms with Crippen molar-refractivity contribution in [3.8, 4) is 0 Å². The Labute approximate surface area is 135 Å². The third-order valence-corrected chi connectivity index (χ3v) is 5.51. The van der Waals surface area contributed by atoms with Crippen LogP contribution in [0, 0.1) is 0 Å². The number of aromatic nitrogens is 1. The van der Waals surface area contributed by atoms with Crippen molar-refractivity contribution < 1.29 is 13.2 Å². The van der Waals surface area contributed by atoms with Gasteiger partial charge in [0, 0.05) is 25.2 Å². The molecule has 1 amide bonds. The fourth-order valence-corrected chi connectivity index (χ4v) is 3.49. The molecule has 122 valence electrons. The summed E-state index contributed by atoms with van der Waals surface area (Å²) in [5.41, 5.74) is 1.54. The number of rotatable bonds is 5. The Morgan fingerprint density at radius 2 is 1.96 bits per heavy atom. The lowest BCUT2D eigenvalue weighted by Gasteiger charge is -2.05. The summed E-state index contributed by atoms with van der Waals surface area (Å²) in [5.74, 6) is 0.0782. The molecule has 2 N–H and O–H groups in total. The summed E-state index contributed by atoms with van der Waals surface area (Å²) < 4.78 is 27.4. The molecule has 1 saturated carbocycles. The Morgan fingerprint density at radius 1 is 1.26 bits per heavy atom. The summed E-state index contributed by atoms with van der Waals surface area (Å²) in [5, 5.41) is 2.97. The molecule has 1 heterocycles. The van der Waals surface area contributed by atoms with Crippen molar-refractivity contribution >= 4 is 15.9 Å². The normalized spacial score (nSPS) is 20.3. The van der Waals surface area contributed by atoms with Crippen molar-refractivity contribution in [1.29, 1.82) is 0 Å². The van der Waals surface area contributed by atoms with Crippen LogP contribution in [-0.4, -0.2) is 32.0 Å². The molecule has 1 aromatic heterocycles. The highest BCUT2D eigenvalue weighted by Crippen LogP contribution is 2.40. The van der Waals surface area contributed by atoms with Crippen LogP contribution in [0.3, 0.4) is 0 Å². The minimum atomic E-state index is -3.55. The lowest BCUT2D eigenvalue weighted by Crippen LogP contribution is -2.28. The molecule has 0 spiro atoms. The van der Waals surface area contributed by atoms with E-state index in [0.29, 0.717) is 11.6 Å². The third-order valence-electron chi connectivity index (χ3n) is 4.13. The Kier molecular flexibility index (Phi) is 3.99. The molecule has 6 nitrogen and oxygen atoms in total. The first-order valence-corrected chi connectivity index (χ1v) is 8.86. The van der Waals surface area contributed by atoms with Gasteiger partial charge >= 0.3 is 0 Å². The van der Waals surface area contributed by atoms with Gasteiger partial charge in [-0.15, -0.1) is 0 Å². The zero-order chi connectivity index (χ0) is 16.6. The molecule has 1 aromatic carbocycles. The zero-order valence-corrected chi connectivity index (χ0v) is 13.8. The first kappa shape index (κ1) is 15.8. The molecule has 23 heavy (non-hydrogen) atoms. The zero-order valence-electron chi connectivity index (χ0n) is 13.0. The second-order valence-corrected chi connectivity index (χ2v) is 7.60. The average Bonchev–Trinajstić information content (AvgIpc) is 3.19. The first-order valence-electron chi connectivity index (χ1n) is 7.38. The van der Waals surface area contributed by atoms with Gasteiger partial charge in [0.2, 0.25) is 10.0 Å². The van der Waals surface area contributed by atoms with E-state index < -0.39 is 10.0 Å². The topological polar surface area (TPSA) is 80.2 Å². The number of carbonyl (C=O) groups excluding carboxylic acids is 1. The molecule has 1 aliphatic rings. The van der Waals surface area contributed by atoms with Gasteiger partial charge in [-0.05, 0) is 25.1 Å². The van der Waals surface area contributed by atoms with Crippen LogP contribution in [0.2, 0.25) is 0 Å². The summed E-state index contributed by atoms with van der Waals surface area (Å²) in [6.45, 7) is 0. The number of nitrogens with zero attached hydrogens (tertiary/aromatic N) is 1. The summed E-state index contributed by atoms with van der Waals surface area (Å²) in [7, 11) is -0.549. The smallest absolute Gasteiger partial charge is 0.268 e. The van der Waals surface area contributed by atoms with Crippen molar-refractivity contribution in [2.75, 3.05) is 7.05 Å². The largest absolute Gasteiger partial charge is 0.347 e. The van der Waals surface area contributed by atoms with Crippen LogP contribution in [0.25, 0.3) is 0 Å². The van der Waals surface area contributed by atoms with Crippen LogP contribution in [0.1, 0.15) is 28.4 Å². The number of carbonyl (C=O) groups is 1. The van der Waals surface area contributed by atoms with E-state index in [9.17, 15) is 13.2 Å². The SMILES string of the molecule is CNS(=O)(=O)c1cc(C(=O)N[C@H]2C[C@H]2c2ccccc2)n(C)c1. The highest BCUT2D eigenvalue weighted by molar-refractivity contribution is 7.89. The van der Waals surface area contributed by atoms with E-state index in [-0.39, 0.29) is 16.8 Å². The van der Waals surface area contributed by atoms with E-state index in [1.165, 1.54) is 29.4 Å². The highest BCUT2D eigenvalue weighted by atomic mass is 32.2. The maximum atomic E-state index is 12.4. The lowest BCUT2D eigenvalue weighted by atomic mass is 10.1. The number of sulfonamides is 1. The predicted molar refractivity (Wildman–Crippen MR) is 86.7 cm³/mol. The lowest BCUT2D eigenvalue weighted by molar-refractivity contribution is 0.0942. The summed E-state index contributed by atoms with van der Waals surface area (Å²) in [6, 6.07) is 11.5. The fraction of sp³-hybridized carbons (Fsp3) is 0.312. The van der Waals surface area contributed by atoms with Crippen molar-refractivity contribution in [2.45, 2.75) is 23.3 Å². The van der Waals surface area contributed by atoms with E-state index >= 15 is 0 Å². The fourth-order valence-electron chi connectivity index (χ4n) is 2.69. The third kappa shape index (κ3) is 3.16. The molecule has 1 fully saturated rings. The number of hydrogen-bond acceptors (Lipinski definition) is 3. The van der Waals surface area contributed by atoms with E-state index in [4.69, 9.17) is 0 Å². The summed E-state index contributed by atoms with van der Waals surface area (Å²) in [6.07, 6.45) is 2.34. The molecule has 2 aromatic rings. The van der Waals surface area contributed by atoms with Gasteiger partial charge in [0.15, 0.2) is 0 Å². The number of nitrogens with one attached hydrogen (secondary N) is 2. The second-order valence-electron chi connectivity index (χ2n) is 5.71. The highest BCUT2D eigenvalue weighted by Gasteiger charge is 2.39. The Hall–Kier alpha value is -2.12. The van der Waals surface area contributed by atoms with Crippen LogP contribution >= 0.6 is 0 Å². The van der Waals surface area contributed by atoms with E-state index in [1.807, 2.05) is 18.2 Å². The van der Waals surface area contributed by atoms with E-state index in [2.05, 4.69) is 22.2 Å². The van der Waals surface area contributed by atoms with Gasteiger partial charge in [-0.1, -0.05) is 30.3 Å². The van der Waals surface area contributed by atoms with Crippen molar-refractivity contribution in [3.63, 3.8) is 0 Å². The van der Waals surface area contributed by atoms with Crippen LogP contribution in [0.4, 0.5) is 0 Å². The molecule has 3 rings (SSSR count). The van der Waals surface area contributed by atoms with Crippen LogP contribution in [0.15, 0.2) is 47.5 Å². The minimum absolute atomic E-state index is 0.0862. The average molecular weight is 333 g/mol. The molecule has 1 aliphatic carbocycles. The van der Waals surface area contributed by atoms with Gasteiger partial charge < -0.3 is 9.88 Å². The second kappa shape index (κ2) is 5.82. The van der Waals surface area contributed by atoms with E-state index in [1.54, 1.807) is 7.05 Å². The predicted octanol–water partition coefficient (Wildman–Crippen LogP) is 1.22. The number of hydrogen-bond donors (Lipinski definition) is 2. The molecular weight excluding hydrogens is 314 g/mol. The Balaban J connectivity index is 1.71. The van der Waals surface area contributed by atoms with Crippen molar-refractivity contribution in [3.05, 3.63) is 53.9 Å². The maximum Gasteiger partial charge on any atom is 0.268 e. The summed E-state index contributed by atoms with van der Waals surface area (Å²) in [4.78, 5) is 12.5. The van der Waals surface area contributed by atoms with Crippen molar-refractivity contribution in [1.82, 2.24) is 14.6 Å². The van der Waals surface area contributed by atoms with Gasteiger partial charge in [-0.2, -0.15) is 0 Å². The van der Waals surface area contributed by atoms with Gasteiger partial charge in [-0.25, -0.2) is 13.1 Å². The Morgan fingerprint density at radius 3 is 2.61 bits per heavy atom. The van der Waals surface area contributed by atoms with Gasteiger partial charge in [-0.3, -0.25) is 4.79 Å². The first-order chi connectivity index (χ1) is 10.9. The van der Waals surface area contributed by atoms with Gasteiger partial charge in [0.25, 0.3) is 5.91 Å². The number of amides is 1. The molecule has 2 atom stereocenters. The standard InChI is InChI=1S/C16H19N3O3S/c1-17-23(21,22)12-8-15(19(2)10-12)16(20)18-14-9-13(14)11-6-4-3-5-7-11/h3-8,10,13-14,17H,9H2,1-2H3,(H,18,20)/t13-,14-/m0/s1. The van der Waals surface area contributed by atoms with Crippen molar-refractivity contribution in [2.24, 2.45) is 7.05 Å². The van der Waals surface area contributed by atoms with Crippen LogP contribution in [0.5, 0.6) is 0 Å². The van der Waals surface area contributed by atoms with Gasteiger partial charge in [0.05, 0.1) is 0 Å². The monoisotopic (exact) mass is 333 g/mol. The minimum Gasteiger partial charge on any atom is -0.347 e. The van der Waals surface area contributed by atoms with Crippen LogP contribution < -0.4 is 10.0 Å². The summed E-state index contributed by atoms with van der Waals surface area (Å²) >= 11 is 0. The molecule has 0 bridgehead atoms. The van der Waals surface area contributed by atoms with Crippen LogP contribution in [-0.2, 0) is 17.1 Å². The molecule has 0 aliphatic heterocycles.